The zero-order valence-electron chi connectivity index (χ0n) is 10.0. The zero-order chi connectivity index (χ0) is 12.4. The molecule has 2 heterocycles. The van der Waals surface area contributed by atoms with Crippen molar-refractivity contribution in [2.75, 3.05) is 0 Å². The van der Waals surface area contributed by atoms with Crippen molar-refractivity contribution in [3.63, 3.8) is 0 Å². The van der Waals surface area contributed by atoms with Crippen molar-refractivity contribution >= 4 is 11.2 Å². The van der Waals surface area contributed by atoms with E-state index in [1.54, 1.807) is 0 Å². The molecule has 2 rings (SSSR count). The first-order valence-electron chi connectivity index (χ1n) is 5.89. The van der Waals surface area contributed by atoms with Gasteiger partial charge in [0.25, 0.3) is 5.56 Å². The molecular weight excluding hydrogens is 220 g/mol. The van der Waals surface area contributed by atoms with Gasteiger partial charge in [-0.05, 0) is 12.8 Å². The van der Waals surface area contributed by atoms with E-state index in [0.717, 1.165) is 25.1 Å². The molecule has 0 saturated heterocycles. The summed E-state index contributed by atoms with van der Waals surface area (Å²) >= 11 is 0. The van der Waals surface area contributed by atoms with Crippen LogP contribution in [0.1, 0.15) is 32.5 Å². The van der Waals surface area contributed by atoms with Gasteiger partial charge in [-0.15, -0.1) is 0 Å². The molecule has 17 heavy (non-hydrogen) atoms. The smallest absolute Gasteiger partial charge is 0.330 e. The summed E-state index contributed by atoms with van der Waals surface area (Å²) in [5.74, 6) is 0.740. The van der Waals surface area contributed by atoms with Gasteiger partial charge in [0.1, 0.15) is 11.3 Å². The normalized spacial score (nSPS) is 11.2. The molecular formula is C11H16N4O2. The van der Waals surface area contributed by atoms with E-state index in [4.69, 9.17) is 0 Å². The van der Waals surface area contributed by atoms with Crippen LogP contribution in [-0.2, 0) is 13.0 Å². The van der Waals surface area contributed by atoms with Gasteiger partial charge >= 0.3 is 5.69 Å². The molecule has 0 spiro atoms. The molecule has 92 valence electrons. The minimum atomic E-state index is -0.390. The first-order chi connectivity index (χ1) is 8.17. The van der Waals surface area contributed by atoms with E-state index in [9.17, 15) is 9.59 Å². The Morgan fingerprint density at radius 2 is 1.94 bits per heavy atom. The fourth-order valence-electron chi connectivity index (χ4n) is 1.85. The molecule has 0 aliphatic rings. The average molecular weight is 236 g/mol. The molecule has 0 radical (unpaired) electrons. The van der Waals surface area contributed by atoms with E-state index in [2.05, 4.69) is 15.0 Å². The van der Waals surface area contributed by atoms with Crippen molar-refractivity contribution in [2.24, 2.45) is 0 Å². The lowest BCUT2D eigenvalue weighted by atomic mass is 10.3. The van der Waals surface area contributed by atoms with Crippen LogP contribution in [0, 0.1) is 0 Å². The summed E-state index contributed by atoms with van der Waals surface area (Å²) in [4.78, 5) is 33.5. The maximum Gasteiger partial charge on any atom is 0.330 e. The number of aromatic nitrogens is 4. The van der Waals surface area contributed by atoms with Crippen LogP contribution >= 0.6 is 0 Å². The lowest BCUT2D eigenvalue weighted by molar-refractivity contribution is 0.622. The van der Waals surface area contributed by atoms with E-state index >= 15 is 0 Å². The minimum Gasteiger partial charge on any atom is -0.336 e. The van der Waals surface area contributed by atoms with Crippen molar-refractivity contribution < 1.29 is 0 Å². The monoisotopic (exact) mass is 236 g/mol. The lowest BCUT2D eigenvalue weighted by Crippen LogP contribution is -2.34. The molecule has 6 nitrogen and oxygen atoms in total. The van der Waals surface area contributed by atoms with Crippen LogP contribution < -0.4 is 11.2 Å². The number of fused-ring (bicyclic) bond motifs is 1. The standard InChI is InChI=1S/C11H16N4O2/c1-3-5-7-12-8-9(13-7)14-11(17)15(6-4-2)10(8)16/h3-6H2,1-2H3,(H,12,13)(H,14,17). The van der Waals surface area contributed by atoms with Crippen molar-refractivity contribution in [1.82, 2.24) is 19.5 Å². The molecule has 0 aromatic carbocycles. The highest BCUT2D eigenvalue weighted by molar-refractivity contribution is 5.68. The Morgan fingerprint density at radius 3 is 2.59 bits per heavy atom. The second kappa shape index (κ2) is 4.57. The minimum absolute atomic E-state index is 0.291. The van der Waals surface area contributed by atoms with Crippen molar-refractivity contribution in [2.45, 2.75) is 39.7 Å². The lowest BCUT2D eigenvalue weighted by Gasteiger charge is -2.00. The summed E-state index contributed by atoms with van der Waals surface area (Å²) in [6.45, 7) is 4.38. The van der Waals surface area contributed by atoms with Gasteiger partial charge < -0.3 is 4.98 Å². The van der Waals surface area contributed by atoms with E-state index in [1.807, 2.05) is 13.8 Å². The Labute approximate surface area is 97.7 Å². The maximum atomic E-state index is 12.0. The number of rotatable bonds is 4. The Morgan fingerprint density at radius 1 is 1.18 bits per heavy atom. The number of imidazole rings is 1. The SMILES string of the molecule is CCCc1nc2[nH]c(=O)n(CCC)c(=O)c2[nH]1. The van der Waals surface area contributed by atoms with Crippen molar-refractivity contribution in [1.29, 1.82) is 0 Å². The third-order valence-corrected chi connectivity index (χ3v) is 2.62. The predicted molar refractivity (Wildman–Crippen MR) is 65.3 cm³/mol. The van der Waals surface area contributed by atoms with Crippen molar-refractivity contribution in [3.05, 3.63) is 26.7 Å². The number of hydrogen-bond donors (Lipinski definition) is 2. The maximum absolute atomic E-state index is 12.0. The molecule has 0 amide bonds. The van der Waals surface area contributed by atoms with Crippen LogP contribution in [0.3, 0.4) is 0 Å². The van der Waals surface area contributed by atoms with Gasteiger partial charge in [0.15, 0.2) is 5.65 Å². The first-order valence-corrected chi connectivity index (χ1v) is 5.89. The molecule has 0 fully saturated rings. The molecule has 0 unspecified atom stereocenters. The number of nitrogens with one attached hydrogen (secondary N) is 2. The predicted octanol–water partition coefficient (Wildman–Crippen LogP) is 0.775. The zero-order valence-corrected chi connectivity index (χ0v) is 10.0. The summed E-state index contributed by atoms with van der Waals surface area (Å²) in [6, 6.07) is 0. The second-order valence-electron chi connectivity index (χ2n) is 4.04. The highest BCUT2D eigenvalue weighted by Crippen LogP contribution is 2.04. The summed E-state index contributed by atoms with van der Waals surface area (Å²) in [5, 5.41) is 0. The van der Waals surface area contributed by atoms with Crippen LogP contribution in [0.15, 0.2) is 9.59 Å². The topological polar surface area (TPSA) is 83.5 Å². The molecule has 0 aliphatic carbocycles. The Kier molecular flexibility index (Phi) is 3.12. The largest absolute Gasteiger partial charge is 0.336 e. The van der Waals surface area contributed by atoms with Crippen molar-refractivity contribution in [3.8, 4) is 0 Å². The Hall–Kier alpha value is -1.85. The highest BCUT2D eigenvalue weighted by atomic mass is 16.2. The van der Waals surface area contributed by atoms with Gasteiger partial charge in [-0.25, -0.2) is 9.78 Å². The molecule has 0 atom stereocenters. The van der Waals surface area contributed by atoms with E-state index in [-0.39, 0.29) is 11.2 Å². The number of nitrogens with zero attached hydrogens (tertiary/aromatic N) is 2. The summed E-state index contributed by atoms with van der Waals surface area (Å²) in [7, 11) is 0. The first kappa shape index (κ1) is 11.6. The van der Waals surface area contributed by atoms with Crippen LogP contribution in [-0.4, -0.2) is 19.5 Å². The fraction of sp³-hybridized carbons (Fsp3) is 0.545. The van der Waals surface area contributed by atoms with Crippen LogP contribution in [0.4, 0.5) is 0 Å². The highest BCUT2D eigenvalue weighted by Gasteiger charge is 2.10. The van der Waals surface area contributed by atoms with Gasteiger partial charge in [0.05, 0.1) is 0 Å². The number of aromatic amines is 2. The van der Waals surface area contributed by atoms with E-state index in [1.165, 1.54) is 4.57 Å². The van der Waals surface area contributed by atoms with Crippen LogP contribution in [0.2, 0.25) is 0 Å². The van der Waals surface area contributed by atoms with Gasteiger partial charge in [0.2, 0.25) is 0 Å². The molecule has 0 aliphatic heterocycles. The summed E-state index contributed by atoms with van der Waals surface area (Å²) in [6.07, 6.45) is 2.45. The van der Waals surface area contributed by atoms with Crippen LogP contribution in [0.25, 0.3) is 11.2 Å². The average Bonchev–Trinajstić information content (AvgIpc) is 2.67. The third kappa shape index (κ3) is 2.02. The molecule has 0 bridgehead atoms. The van der Waals surface area contributed by atoms with Gasteiger partial charge in [-0.1, -0.05) is 13.8 Å². The Bertz CT molecular complexity index is 635. The number of aryl methyl sites for hydroxylation is 1. The molecule has 2 N–H and O–H groups in total. The fourth-order valence-corrected chi connectivity index (χ4v) is 1.85. The molecule has 2 aromatic heterocycles. The van der Waals surface area contributed by atoms with E-state index in [0.29, 0.717) is 17.7 Å². The number of hydrogen-bond acceptors (Lipinski definition) is 3. The quantitative estimate of drug-likeness (QED) is 0.822. The van der Waals surface area contributed by atoms with E-state index < -0.39 is 0 Å². The third-order valence-electron chi connectivity index (χ3n) is 2.62. The molecule has 0 saturated carbocycles. The van der Waals surface area contributed by atoms with Gasteiger partial charge in [0, 0.05) is 13.0 Å². The van der Waals surface area contributed by atoms with Gasteiger partial charge in [-0.2, -0.15) is 0 Å². The summed E-state index contributed by atoms with van der Waals surface area (Å²) in [5.41, 5.74) is 0.0663. The Balaban J connectivity index is 2.65. The molecule has 2 aromatic rings. The summed E-state index contributed by atoms with van der Waals surface area (Å²) < 4.78 is 1.20. The van der Waals surface area contributed by atoms with Crippen LogP contribution in [0.5, 0.6) is 0 Å². The van der Waals surface area contributed by atoms with Gasteiger partial charge in [-0.3, -0.25) is 14.3 Å². The molecule has 6 heteroatoms. The number of H-pyrrole nitrogens is 2. The second-order valence-corrected chi connectivity index (χ2v) is 4.04.